The lowest BCUT2D eigenvalue weighted by atomic mass is 10.1. The first-order valence-electron chi connectivity index (χ1n) is 7.19. The summed E-state index contributed by atoms with van der Waals surface area (Å²) in [6, 6.07) is 9.80. The van der Waals surface area contributed by atoms with Crippen LogP contribution in [0.4, 0.5) is 0 Å². The van der Waals surface area contributed by atoms with E-state index in [4.69, 9.17) is 9.26 Å². The van der Waals surface area contributed by atoms with Crippen molar-refractivity contribution in [2.75, 3.05) is 19.7 Å². The number of aromatic nitrogens is 1. The summed E-state index contributed by atoms with van der Waals surface area (Å²) in [5.74, 6) is 0.774. The van der Waals surface area contributed by atoms with E-state index in [1.807, 2.05) is 36.1 Å². The number of carbonyl (C=O) groups excluding carboxylic acids is 1. The molecule has 2 heterocycles. The Balaban J connectivity index is 1.64. The van der Waals surface area contributed by atoms with Gasteiger partial charge in [0, 0.05) is 17.1 Å². The van der Waals surface area contributed by atoms with Crippen LogP contribution in [-0.4, -0.2) is 35.7 Å². The van der Waals surface area contributed by atoms with Gasteiger partial charge >= 0.3 is 0 Å². The highest BCUT2D eigenvalue weighted by molar-refractivity contribution is 9.10. The monoisotopic (exact) mass is 364 g/mol. The zero-order valence-electron chi connectivity index (χ0n) is 12.3. The Morgan fingerprint density at radius 3 is 2.86 bits per heavy atom. The molecule has 1 atom stereocenters. The van der Waals surface area contributed by atoms with Crippen LogP contribution in [0.25, 0.3) is 0 Å². The van der Waals surface area contributed by atoms with Crippen molar-refractivity contribution in [2.45, 2.75) is 19.4 Å². The molecule has 0 aliphatic carbocycles. The SMILES string of the molecule is Cc1cc(CC(=O)N2CCOC(c3ccc(Br)cc3)C2)no1. The quantitative estimate of drug-likeness (QED) is 0.840. The third-order valence-electron chi connectivity index (χ3n) is 3.67. The Hall–Kier alpha value is -1.66. The van der Waals surface area contributed by atoms with Crippen LogP contribution in [0, 0.1) is 6.92 Å². The van der Waals surface area contributed by atoms with Crippen LogP contribution in [-0.2, 0) is 16.0 Å². The average molecular weight is 365 g/mol. The van der Waals surface area contributed by atoms with Crippen LogP contribution in [0.15, 0.2) is 39.3 Å². The summed E-state index contributed by atoms with van der Waals surface area (Å²) in [5, 5.41) is 3.88. The molecule has 1 amide bonds. The maximum atomic E-state index is 12.4. The number of hydrogen-bond donors (Lipinski definition) is 0. The number of hydrogen-bond acceptors (Lipinski definition) is 4. The minimum absolute atomic E-state index is 0.0544. The molecule has 1 aromatic carbocycles. The van der Waals surface area contributed by atoms with Crippen molar-refractivity contribution in [2.24, 2.45) is 0 Å². The van der Waals surface area contributed by atoms with Gasteiger partial charge < -0.3 is 14.2 Å². The van der Waals surface area contributed by atoms with Gasteiger partial charge in [0.05, 0.1) is 25.3 Å². The van der Waals surface area contributed by atoms with Crippen molar-refractivity contribution in [3.05, 3.63) is 51.8 Å². The molecule has 2 aromatic rings. The fraction of sp³-hybridized carbons (Fsp3) is 0.375. The van der Waals surface area contributed by atoms with E-state index in [0.29, 0.717) is 25.4 Å². The molecule has 1 unspecified atom stereocenters. The Labute approximate surface area is 137 Å². The first-order chi connectivity index (χ1) is 10.6. The number of morpholine rings is 1. The summed E-state index contributed by atoms with van der Waals surface area (Å²) in [6.45, 7) is 3.55. The lowest BCUT2D eigenvalue weighted by Gasteiger charge is -2.33. The van der Waals surface area contributed by atoms with E-state index in [-0.39, 0.29) is 18.4 Å². The predicted octanol–water partition coefficient (Wildman–Crippen LogP) is 2.89. The molecule has 0 bridgehead atoms. The van der Waals surface area contributed by atoms with Crippen molar-refractivity contribution < 1.29 is 14.1 Å². The number of benzene rings is 1. The molecule has 1 aliphatic rings. The number of carbonyl (C=O) groups is 1. The topological polar surface area (TPSA) is 55.6 Å². The molecule has 0 saturated carbocycles. The molecule has 0 radical (unpaired) electrons. The van der Waals surface area contributed by atoms with Crippen molar-refractivity contribution in [1.82, 2.24) is 10.1 Å². The van der Waals surface area contributed by atoms with Gasteiger partial charge in [-0.3, -0.25) is 4.79 Å². The number of aryl methyl sites for hydroxylation is 1. The molecule has 1 aromatic heterocycles. The fourth-order valence-electron chi connectivity index (χ4n) is 2.52. The lowest BCUT2D eigenvalue weighted by Crippen LogP contribution is -2.43. The highest BCUT2D eigenvalue weighted by Gasteiger charge is 2.25. The zero-order valence-corrected chi connectivity index (χ0v) is 13.9. The van der Waals surface area contributed by atoms with E-state index in [9.17, 15) is 4.79 Å². The van der Waals surface area contributed by atoms with E-state index >= 15 is 0 Å². The summed E-state index contributed by atoms with van der Waals surface area (Å²) < 4.78 is 11.8. The molecular weight excluding hydrogens is 348 g/mol. The smallest absolute Gasteiger partial charge is 0.228 e. The number of ether oxygens (including phenoxy) is 1. The van der Waals surface area contributed by atoms with Gasteiger partial charge in [0.15, 0.2) is 0 Å². The van der Waals surface area contributed by atoms with E-state index < -0.39 is 0 Å². The van der Waals surface area contributed by atoms with Gasteiger partial charge in [-0.2, -0.15) is 0 Å². The molecule has 1 fully saturated rings. The summed E-state index contributed by atoms with van der Waals surface area (Å²) in [6.07, 6.45) is 0.189. The van der Waals surface area contributed by atoms with Crippen molar-refractivity contribution in [1.29, 1.82) is 0 Å². The number of halogens is 1. The second kappa shape index (κ2) is 6.62. The van der Waals surface area contributed by atoms with Crippen LogP contribution in [0.5, 0.6) is 0 Å². The van der Waals surface area contributed by atoms with Crippen LogP contribution in [0.3, 0.4) is 0 Å². The Morgan fingerprint density at radius 1 is 1.41 bits per heavy atom. The van der Waals surface area contributed by atoms with Gasteiger partial charge in [0.1, 0.15) is 11.9 Å². The van der Waals surface area contributed by atoms with Gasteiger partial charge in [-0.25, -0.2) is 0 Å². The number of amides is 1. The third-order valence-corrected chi connectivity index (χ3v) is 4.20. The molecule has 1 saturated heterocycles. The van der Waals surface area contributed by atoms with E-state index in [1.165, 1.54) is 0 Å². The van der Waals surface area contributed by atoms with Gasteiger partial charge in [-0.05, 0) is 24.6 Å². The number of nitrogens with zero attached hydrogens (tertiary/aromatic N) is 2. The Morgan fingerprint density at radius 2 is 2.18 bits per heavy atom. The fourth-order valence-corrected chi connectivity index (χ4v) is 2.79. The highest BCUT2D eigenvalue weighted by Crippen LogP contribution is 2.24. The molecule has 6 heteroatoms. The van der Waals surface area contributed by atoms with Crippen molar-refractivity contribution in [3.63, 3.8) is 0 Å². The normalized spacial score (nSPS) is 18.5. The van der Waals surface area contributed by atoms with E-state index in [0.717, 1.165) is 15.8 Å². The minimum Gasteiger partial charge on any atom is -0.370 e. The molecule has 0 N–H and O–H groups in total. The minimum atomic E-state index is -0.0788. The predicted molar refractivity (Wildman–Crippen MR) is 84.4 cm³/mol. The van der Waals surface area contributed by atoms with Crippen molar-refractivity contribution >= 4 is 21.8 Å². The molecule has 5 nitrogen and oxygen atoms in total. The summed E-state index contributed by atoms with van der Waals surface area (Å²) in [4.78, 5) is 14.2. The van der Waals surface area contributed by atoms with Gasteiger partial charge in [-0.15, -0.1) is 0 Å². The maximum Gasteiger partial charge on any atom is 0.228 e. The standard InChI is InChI=1S/C16H17BrN2O3/c1-11-8-14(18-22-11)9-16(20)19-6-7-21-15(10-19)12-2-4-13(17)5-3-12/h2-5,8,15H,6-7,9-10H2,1H3. The Kier molecular flexibility index (Phi) is 4.59. The second-order valence-corrected chi connectivity index (χ2v) is 6.27. The van der Waals surface area contributed by atoms with Crippen LogP contribution in [0.1, 0.15) is 23.1 Å². The molecule has 3 rings (SSSR count). The second-order valence-electron chi connectivity index (χ2n) is 5.36. The van der Waals surface area contributed by atoms with Crippen LogP contribution in [0.2, 0.25) is 0 Å². The van der Waals surface area contributed by atoms with E-state index in [2.05, 4.69) is 21.1 Å². The molecule has 22 heavy (non-hydrogen) atoms. The first kappa shape index (κ1) is 15.2. The molecule has 116 valence electrons. The summed E-state index contributed by atoms with van der Waals surface area (Å²) in [5.41, 5.74) is 1.76. The first-order valence-corrected chi connectivity index (χ1v) is 7.98. The van der Waals surface area contributed by atoms with E-state index in [1.54, 1.807) is 6.07 Å². The largest absolute Gasteiger partial charge is 0.370 e. The molecule has 1 aliphatic heterocycles. The van der Waals surface area contributed by atoms with Gasteiger partial charge in [0.2, 0.25) is 5.91 Å². The maximum absolute atomic E-state index is 12.4. The van der Waals surface area contributed by atoms with Crippen molar-refractivity contribution in [3.8, 4) is 0 Å². The van der Waals surface area contributed by atoms with Crippen LogP contribution >= 0.6 is 15.9 Å². The van der Waals surface area contributed by atoms with Crippen LogP contribution < -0.4 is 0 Å². The van der Waals surface area contributed by atoms with Gasteiger partial charge in [0.25, 0.3) is 0 Å². The average Bonchev–Trinajstić information content (AvgIpc) is 2.93. The molecular formula is C16H17BrN2O3. The highest BCUT2D eigenvalue weighted by atomic mass is 79.9. The van der Waals surface area contributed by atoms with Gasteiger partial charge in [-0.1, -0.05) is 33.2 Å². The zero-order chi connectivity index (χ0) is 15.5. The Bertz CT molecular complexity index is 654. The lowest BCUT2D eigenvalue weighted by molar-refractivity contribution is -0.138. The summed E-state index contributed by atoms with van der Waals surface area (Å²) >= 11 is 3.42. The third kappa shape index (κ3) is 3.56. The summed E-state index contributed by atoms with van der Waals surface area (Å²) in [7, 11) is 0. The number of rotatable bonds is 3. The molecule has 0 spiro atoms.